The van der Waals surface area contributed by atoms with Crippen molar-refractivity contribution in [3.05, 3.63) is 46.0 Å². The molecule has 1 aliphatic rings. The highest BCUT2D eigenvalue weighted by Gasteiger charge is 2.38. The first-order valence-electron chi connectivity index (χ1n) is 6.21. The average molecular weight is 297 g/mol. The van der Waals surface area contributed by atoms with Crippen LogP contribution in [-0.2, 0) is 0 Å². The third kappa shape index (κ3) is 3.19. The van der Waals surface area contributed by atoms with Crippen molar-refractivity contribution in [2.75, 3.05) is 6.61 Å². The summed E-state index contributed by atoms with van der Waals surface area (Å²) in [5.41, 5.74) is 0.0355. The Labute approximate surface area is 119 Å². The van der Waals surface area contributed by atoms with Gasteiger partial charge in [0.1, 0.15) is 30.2 Å². The molecule has 4 N–H and O–H groups in total. The molecule has 0 unspecified atom stereocenters. The third-order valence-electron chi connectivity index (χ3n) is 3.27. The number of rotatable bonds is 4. The lowest BCUT2D eigenvalue weighted by Crippen LogP contribution is -2.50. The Balaban J connectivity index is 2.17. The van der Waals surface area contributed by atoms with Crippen LogP contribution in [0.1, 0.15) is 0 Å². The van der Waals surface area contributed by atoms with Gasteiger partial charge in [-0.15, -0.1) is 0 Å². The van der Waals surface area contributed by atoms with Gasteiger partial charge in [-0.3, -0.25) is 10.1 Å². The number of ether oxygens (including phenoxy) is 1. The van der Waals surface area contributed by atoms with E-state index in [0.717, 1.165) is 0 Å². The molecular weight excluding hydrogens is 282 g/mol. The van der Waals surface area contributed by atoms with Crippen molar-refractivity contribution in [1.29, 1.82) is 0 Å². The van der Waals surface area contributed by atoms with E-state index in [2.05, 4.69) is 0 Å². The topological polar surface area (TPSA) is 133 Å². The highest BCUT2D eigenvalue weighted by molar-refractivity contribution is 5.36. The van der Waals surface area contributed by atoms with E-state index in [9.17, 15) is 25.4 Å². The number of benzene rings is 1. The zero-order chi connectivity index (χ0) is 15.6. The fraction of sp³-hybridized carbons (Fsp3) is 0.385. The Hall–Kier alpha value is -2.00. The van der Waals surface area contributed by atoms with E-state index in [1.54, 1.807) is 0 Å². The summed E-state index contributed by atoms with van der Waals surface area (Å²) in [6.45, 7) is -0.481. The van der Waals surface area contributed by atoms with Crippen LogP contribution in [-0.4, -0.2) is 56.4 Å². The number of nitro groups is 1. The Bertz CT molecular complexity index is 542. The van der Waals surface area contributed by atoms with Gasteiger partial charge >= 0.3 is 0 Å². The molecule has 0 fully saturated rings. The van der Waals surface area contributed by atoms with Gasteiger partial charge in [0, 0.05) is 12.1 Å². The van der Waals surface area contributed by atoms with Crippen LogP contribution in [0, 0.1) is 10.1 Å². The van der Waals surface area contributed by atoms with E-state index in [1.165, 1.54) is 30.3 Å². The van der Waals surface area contributed by atoms with Crippen molar-refractivity contribution in [3.63, 3.8) is 0 Å². The maximum Gasteiger partial charge on any atom is 0.269 e. The molecule has 114 valence electrons. The molecule has 1 aromatic rings. The number of aliphatic hydroxyl groups excluding tert-OH is 4. The number of aliphatic hydroxyl groups is 4. The molecule has 2 rings (SSSR count). The largest absolute Gasteiger partial charge is 0.484 e. The van der Waals surface area contributed by atoms with Gasteiger partial charge in [0.25, 0.3) is 5.69 Å². The van der Waals surface area contributed by atoms with Gasteiger partial charge in [0.15, 0.2) is 0 Å². The predicted molar refractivity (Wildman–Crippen MR) is 70.7 cm³/mol. The molecule has 8 heteroatoms. The molecule has 0 radical (unpaired) electrons. The van der Waals surface area contributed by atoms with Crippen LogP contribution in [0.2, 0.25) is 0 Å². The Morgan fingerprint density at radius 3 is 2.29 bits per heavy atom. The molecule has 0 aromatic heterocycles. The molecule has 0 heterocycles. The average Bonchev–Trinajstić information content (AvgIpc) is 2.48. The van der Waals surface area contributed by atoms with Gasteiger partial charge in [-0.25, -0.2) is 0 Å². The van der Waals surface area contributed by atoms with Gasteiger partial charge in [0.05, 0.1) is 11.5 Å². The van der Waals surface area contributed by atoms with Crippen molar-refractivity contribution in [2.24, 2.45) is 0 Å². The van der Waals surface area contributed by atoms with Crippen molar-refractivity contribution >= 4 is 5.69 Å². The summed E-state index contributed by atoms with van der Waals surface area (Å²) in [6.07, 6.45) is -3.89. The summed E-state index contributed by atoms with van der Waals surface area (Å²) in [5.74, 6) is 0.252. The van der Waals surface area contributed by atoms with Crippen LogP contribution >= 0.6 is 0 Å². The van der Waals surface area contributed by atoms with Crippen molar-refractivity contribution in [3.8, 4) is 5.75 Å². The van der Waals surface area contributed by atoms with E-state index in [-0.39, 0.29) is 17.0 Å². The third-order valence-corrected chi connectivity index (χ3v) is 3.27. The summed E-state index contributed by atoms with van der Waals surface area (Å²) in [4.78, 5) is 9.99. The van der Waals surface area contributed by atoms with Gasteiger partial charge in [-0.05, 0) is 23.8 Å². The monoisotopic (exact) mass is 297 g/mol. The Morgan fingerprint density at radius 1 is 1.14 bits per heavy atom. The van der Waals surface area contributed by atoms with Crippen molar-refractivity contribution in [2.45, 2.75) is 24.4 Å². The summed E-state index contributed by atoms with van der Waals surface area (Å²) < 4.78 is 5.42. The predicted octanol–water partition coefficient (Wildman–Crippen LogP) is -0.643. The molecule has 0 amide bonds. The van der Waals surface area contributed by atoms with Crippen LogP contribution in [0.4, 0.5) is 5.69 Å². The van der Waals surface area contributed by atoms with E-state index >= 15 is 0 Å². The van der Waals surface area contributed by atoms with Crippen LogP contribution in [0.3, 0.4) is 0 Å². The molecule has 4 atom stereocenters. The minimum absolute atomic E-state index is 0.103. The number of non-ortho nitro benzene ring substituents is 1. The van der Waals surface area contributed by atoms with Gasteiger partial charge < -0.3 is 25.2 Å². The second-order valence-electron chi connectivity index (χ2n) is 4.66. The van der Waals surface area contributed by atoms with Gasteiger partial charge in [-0.2, -0.15) is 0 Å². The van der Waals surface area contributed by atoms with Gasteiger partial charge in [-0.1, -0.05) is 0 Å². The minimum atomic E-state index is -1.49. The Morgan fingerprint density at radius 2 is 1.76 bits per heavy atom. The maximum atomic E-state index is 10.5. The number of nitro benzene ring substituents is 1. The lowest BCUT2D eigenvalue weighted by molar-refractivity contribution is -0.384. The standard InChI is InChI=1S/C13H15NO7/c15-6-7-5-10(12(17)13(18)11(7)16)21-9-3-1-8(2-4-9)14(19)20/h1-5,10-13,15-18H,6H2/t10-,11+,12-,13-/m0/s1. The van der Waals surface area contributed by atoms with Crippen molar-refractivity contribution in [1.82, 2.24) is 0 Å². The smallest absolute Gasteiger partial charge is 0.269 e. The normalized spacial score (nSPS) is 28.9. The minimum Gasteiger partial charge on any atom is -0.484 e. The van der Waals surface area contributed by atoms with Crippen LogP contribution in [0.25, 0.3) is 0 Å². The molecule has 1 aromatic carbocycles. The number of nitrogens with zero attached hydrogens (tertiary/aromatic N) is 1. The lowest BCUT2D eigenvalue weighted by Gasteiger charge is -2.34. The van der Waals surface area contributed by atoms with E-state index in [1.807, 2.05) is 0 Å². The number of hydrogen-bond donors (Lipinski definition) is 4. The van der Waals surface area contributed by atoms with E-state index in [0.29, 0.717) is 0 Å². The molecule has 0 saturated heterocycles. The van der Waals surface area contributed by atoms with E-state index < -0.39 is 35.9 Å². The molecule has 0 aliphatic heterocycles. The first-order valence-corrected chi connectivity index (χ1v) is 6.21. The zero-order valence-electron chi connectivity index (χ0n) is 10.9. The first kappa shape index (κ1) is 15.4. The summed E-state index contributed by atoms with van der Waals surface area (Å²) in [6, 6.07) is 5.20. The fourth-order valence-electron chi connectivity index (χ4n) is 2.06. The van der Waals surface area contributed by atoms with E-state index in [4.69, 9.17) is 9.84 Å². The summed E-state index contributed by atoms with van der Waals surface area (Å²) >= 11 is 0. The molecule has 21 heavy (non-hydrogen) atoms. The van der Waals surface area contributed by atoms with Crippen molar-refractivity contribution < 1.29 is 30.1 Å². The molecule has 1 aliphatic carbocycles. The lowest BCUT2D eigenvalue weighted by atomic mass is 9.90. The van der Waals surface area contributed by atoms with Crippen LogP contribution in [0.5, 0.6) is 5.75 Å². The quantitative estimate of drug-likeness (QED) is 0.330. The maximum absolute atomic E-state index is 10.5. The van der Waals surface area contributed by atoms with Crippen LogP contribution in [0.15, 0.2) is 35.9 Å². The second kappa shape index (κ2) is 6.19. The first-order chi connectivity index (χ1) is 9.93. The molecule has 0 spiro atoms. The molecule has 0 saturated carbocycles. The summed E-state index contributed by atoms with van der Waals surface area (Å²) in [7, 11) is 0. The molecular formula is C13H15NO7. The van der Waals surface area contributed by atoms with Crippen LogP contribution < -0.4 is 4.74 Å². The molecule has 0 bridgehead atoms. The number of hydrogen-bond acceptors (Lipinski definition) is 7. The van der Waals surface area contributed by atoms with Gasteiger partial charge in [0.2, 0.25) is 0 Å². The SMILES string of the molecule is O=[N+]([O-])c1ccc(O[C@H]2C=C(CO)[C@@H](O)[C@H](O)[C@H]2O)cc1. The zero-order valence-corrected chi connectivity index (χ0v) is 10.9. The second-order valence-corrected chi connectivity index (χ2v) is 4.66. The molecule has 8 nitrogen and oxygen atoms in total. The Kier molecular flexibility index (Phi) is 4.53. The fourth-order valence-corrected chi connectivity index (χ4v) is 2.06. The summed E-state index contributed by atoms with van der Waals surface area (Å²) in [5, 5.41) is 48.8. The highest BCUT2D eigenvalue weighted by atomic mass is 16.6. The highest BCUT2D eigenvalue weighted by Crippen LogP contribution is 2.25.